The zero-order chi connectivity index (χ0) is 9.68. The second-order valence-corrected chi connectivity index (χ2v) is 4.22. The molecule has 0 aromatic heterocycles. The second kappa shape index (κ2) is 7.27. The Morgan fingerprint density at radius 3 is 2.36 bits per heavy atom. The third-order valence-corrected chi connectivity index (χ3v) is 2.70. The number of hydrogen-bond donors (Lipinski definition) is 1. The molecule has 0 aliphatic carbocycles. The first-order valence-electron chi connectivity index (χ1n) is 4.75. The Hall–Kier alpha value is -0.0500. The molecule has 1 nitrogen and oxygen atoms in total. The summed E-state index contributed by atoms with van der Waals surface area (Å²) in [6, 6.07) is 8.46. The van der Waals surface area contributed by atoms with Crippen molar-refractivity contribution in [2.45, 2.75) is 32.2 Å². The largest absolute Gasteiger partial charge is 0.324 e. The van der Waals surface area contributed by atoms with Crippen molar-refractivity contribution in [3.63, 3.8) is 0 Å². The van der Waals surface area contributed by atoms with Crippen LogP contribution in [0.3, 0.4) is 0 Å². The average molecular weight is 279 g/mol. The molecule has 0 spiro atoms. The molecule has 14 heavy (non-hydrogen) atoms. The lowest BCUT2D eigenvalue weighted by molar-refractivity contribution is 0.603. The van der Waals surface area contributed by atoms with Crippen LogP contribution in [0.2, 0.25) is 0 Å². The summed E-state index contributed by atoms with van der Waals surface area (Å²) in [5.41, 5.74) is 7.25. The van der Waals surface area contributed by atoms with Crippen LogP contribution in [0.15, 0.2) is 28.7 Å². The molecule has 0 unspecified atom stereocenters. The summed E-state index contributed by atoms with van der Waals surface area (Å²) in [5.74, 6) is 0. The normalized spacial score (nSPS) is 11.9. The molecule has 0 heterocycles. The first-order chi connectivity index (χ1) is 6.24. The van der Waals surface area contributed by atoms with Gasteiger partial charge in [0.25, 0.3) is 0 Å². The van der Waals surface area contributed by atoms with Gasteiger partial charge < -0.3 is 5.73 Å². The van der Waals surface area contributed by atoms with Crippen LogP contribution in [0.4, 0.5) is 0 Å². The fourth-order valence-electron chi connectivity index (χ4n) is 1.30. The van der Waals surface area contributed by atoms with Gasteiger partial charge in [0.15, 0.2) is 0 Å². The van der Waals surface area contributed by atoms with Crippen molar-refractivity contribution in [1.82, 2.24) is 0 Å². The van der Waals surface area contributed by atoms with Crippen LogP contribution in [0.5, 0.6) is 0 Å². The van der Waals surface area contributed by atoms with Gasteiger partial charge in [-0.3, -0.25) is 0 Å². The van der Waals surface area contributed by atoms with Crippen molar-refractivity contribution in [2.24, 2.45) is 5.73 Å². The van der Waals surface area contributed by atoms with Crippen molar-refractivity contribution >= 4 is 28.3 Å². The van der Waals surface area contributed by atoms with Gasteiger partial charge in [-0.05, 0) is 24.1 Å². The lowest BCUT2D eigenvalue weighted by atomic mass is 10.0. The van der Waals surface area contributed by atoms with E-state index in [-0.39, 0.29) is 18.4 Å². The van der Waals surface area contributed by atoms with Crippen LogP contribution in [0.25, 0.3) is 0 Å². The molecule has 0 bridgehead atoms. The highest BCUT2D eigenvalue weighted by atomic mass is 79.9. The molecule has 1 atom stereocenters. The Balaban J connectivity index is 0.00000169. The summed E-state index contributed by atoms with van der Waals surface area (Å²) in [5, 5.41) is 0. The van der Waals surface area contributed by atoms with Crippen molar-refractivity contribution in [1.29, 1.82) is 0 Å². The van der Waals surface area contributed by atoms with Gasteiger partial charge in [-0.1, -0.05) is 47.8 Å². The van der Waals surface area contributed by atoms with Crippen LogP contribution in [-0.2, 0) is 0 Å². The molecule has 1 rings (SSSR count). The predicted octanol–water partition coefficient (Wildman–Crippen LogP) is 4.06. The maximum Gasteiger partial charge on any atom is 0.0294 e. The van der Waals surface area contributed by atoms with Gasteiger partial charge >= 0.3 is 0 Å². The highest BCUT2D eigenvalue weighted by molar-refractivity contribution is 9.10. The van der Waals surface area contributed by atoms with E-state index >= 15 is 0 Å². The smallest absolute Gasteiger partial charge is 0.0294 e. The first-order valence-corrected chi connectivity index (χ1v) is 5.54. The SMILES string of the molecule is CCCC[C@@H](N)c1ccc(Br)cc1.Cl. The summed E-state index contributed by atoms with van der Waals surface area (Å²) in [7, 11) is 0. The molecule has 0 aliphatic heterocycles. The quantitative estimate of drug-likeness (QED) is 0.883. The first kappa shape index (κ1) is 13.9. The third kappa shape index (κ3) is 4.45. The molecule has 1 aromatic carbocycles. The number of halogens is 2. The fraction of sp³-hybridized carbons (Fsp3) is 0.455. The zero-order valence-electron chi connectivity index (χ0n) is 8.37. The molecule has 3 heteroatoms. The Bertz CT molecular complexity index is 248. The minimum atomic E-state index is 0. The minimum absolute atomic E-state index is 0. The van der Waals surface area contributed by atoms with E-state index in [9.17, 15) is 0 Å². The molecule has 2 N–H and O–H groups in total. The van der Waals surface area contributed by atoms with Crippen LogP contribution in [0.1, 0.15) is 37.8 Å². The highest BCUT2D eigenvalue weighted by Gasteiger charge is 2.03. The average Bonchev–Trinajstić information content (AvgIpc) is 2.15. The Morgan fingerprint density at radius 2 is 1.86 bits per heavy atom. The van der Waals surface area contributed by atoms with Gasteiger partial charge in [-0.2, -0.15) is 0 Å². The van der Waals surface area contributed by atoms with Crippen LogP contribution in [-0.4, -0.2) is 0 Å². The van der Waals surface area contributed by atoms with E-state index in [1.54, 1.807) is 0 Å². The maximum absolute atomic E-state index is 6.02. The summed E-state index contributed by atoms with van der Waals surface area (Å²) >= 11 is 3.41. The number of rotatable bonds is 4. The molecule has 80 valence electrons. The summed E-state index contributed by atoms with van der Waals surface area (Å²) < 4.78 is 1.11. The maximum atomic E-state index is 6.02. The third-order valence-electron chi connectivity index (χ3n) is 2.17. The molecular weight excluding hydrogens is 261 g/mol. The van der Waals surface area contributed by atoms with Crippen LogP contribution >= 0.6 is 28.3 Å². The lowest BCUT2D eigenvalue weighted by Gasteiger charge is -2.10. The Labute approximate surface area is 101 Å². The van der Waals surface area contributed by atoms with E-state index in [0.29, 0.717) is 0 Å². The number of nitrogens with two attached hydrogens (primary N) is 1. The van der Waals surface area contributed by atoms with Gasteiger partial charge in [0.2, 0.25) is 0 Å². The molecule has 1 aromatic rings. The van der Waals surface area contributed by atoms with Gasteiger partial charge in [0.1, 0.15) is 0 Å². The molecule has 0 saturated heterocycles. The van der Waals surface area contributed by atoms with Crippen molar-refractivity contribution in [2.75, 3.05) is 0 Å². The van der Waals surface area contributed by atoms with E-state index in [2.05, 4.69) is 35.0 Å². The minimum Gasteiger partial charge on any atom is -0.324 e. The van der Waals surface area contributed by atoms with E-state index in [1.807, 2.05) is 12.1 Å². The fourth-order valence-corrected chi connectivity index (χ4v) is 1.57. The number of hydrogen-bond acceptors (Lipinski definition) is 1. The van der Waals surface area contributed by atoms with E-state index in [1.165, 1.54) is 18.4 Å². The molecule has 0 radical (unpaired) electrons. The molecule has 0 aliphatic rings. The Kier molecular flexibility index (Phi) is 7.24. The molecular formula is C11H17BrClN. The van der Waals surface area contributed by atoms with Crippen LogP contribution in [0, 0.1) is 0 Å². The number of unbranched alkanes of at least 4 members (excludes halogenated alkanes) is 1. The van der Waals surface area contributed by atoms with Crippen LogP contribution < -0.4 is 5.73 Å². The van der Waals surface area contributed by atoms with E-state index in [4.69, 9.17) is 5.73 Å². The number of benzene rings is 1. The van der Waals surface area contributed by atoms with Crippen molar-refractivity contribution in [3.8, 4) is 0 Å². The molecule has 0 fully saturated rings. The summed E-state index contributed by atoms with van der Waals surface area (Å²) in [4.78, 5) is 0. The van der Waals surface area contributed by atoms with Gasteiger partial charge in [0.05, 0.1) is 0 Å². The summed E-state index contributed by atoms with van der Waals surface area (Å²) in [6.45, 7) is 2.19. The Morgan fingerprint density at radius 1 is 1.29 bits per heavy atom. The van der Waals surface area contributed by atoms with Gasteiger partial charge in [-0.25, -0.2) is 0 Å². The summed E-state index contributed by atoms with van der Waals surface area (Å²) in [6.07, 6.45) is 3.50. The molecule has 0 amide bonds. The molecule has 0 saturated carbocycles. The second-order valence-electron chi connectivity index (χ2n) is 3.30. The van der Waals surface area contributed by atoms with E-state index < -0.39 is 0 Å². The standard InChI is InChI=1S/C11H16BrN.ClH/c1-2-3-4-11(13)9-5-7-10(12)8-6-9;/h5-8,11H,2-4,13H2,1H3;1H/t11-;/m1./s1. The monoisotopic (exact) mass is 277 g/mol. The van der Waals surface area contributed by atoms with Crippen molar-refractivity contribution in [3.05, 3.63) is 34.3 Å². The zero-order valence-corrected chi connectivity index (χ0v) is 10.8. The predicted molar refractivity (Wildman–Crippen MR) is 67.8 cm³/mol. The highest BCUT2D eigenvalue weighted by Crippen LogP contribution is 2.19. The van der Waals surface area contributed by atoms with Gasteiger partial charge in [0, 0.05) is 10.5 Å². The van der Waals surface area contributed by atoms with E-state index in [0.717, 1.165) is 10.9 Å². The topological polar surface area (TPSA) is 26.0 Å². The van der Waals surface area contributed by atoms with Crippen molar-refractivity contribution < 1.29 is 0 Å². The lowest BCUT2D eigenvalue weighted by Crippen LogP contribution is -2.09. The van der Waals surface area contributed by atoms with Gasteiger partial charge in [-0.15, -0.1) is 12.4 Å².